The van der Waals surface area contributed by atoms with Gasteiger partial charge in [0.2, 0.25) is 0 Å². The second-order valence-electron chi connectivity index (χ2n) is 4.67. The quantitative estimate of drug-likeness (QED) is 0.813. The molecule has 0 saturated carbocycles. The van der Waals surface area contributed by atoms with Crippen LogP contribution in [-0.4, -0.2) is 41.3 Å². The predicted molar refractivity (Wildman–Crippen MR) is 72.7 cm³/mol. The first kappa shape index (κ1) is 14.5. The van der Waals surface area contributed by atoms with Crippen molar-refractivity contribution in [3.63, 3.8) is 0 Å². The number of nitrogens with one attached hydrogen (secondary N) is 2. The van der Waals surface area contributed by atoms with E-state index in [1.807, 2.05) is 27.8 Å². The zero-order valence-corrected chi connectivity index (χ0v) is 11.8. The molecule has 0 saturated heterocycles. The minimum atomic E-state index is 0.0116. The lowest BCUT2D eigenvalue weighted by atomic mass is 10.1. The van der Waals surface area contributed by atoms with Crippen LogP contribution in [0.3, 0.4) is 0 Å². The van der Waals surface area contributed by atoms with E-state index in [0.717, 1.165) is 43.7 Å². The van der Waals surface area contributed by atoms with E-state index in [9.17, 15) is 4.79 Å². The Labute approximate surface area is 109 Å². The van der Waals surface area contributed by atoms with Crippen molar-refractivity contribution in [1.29, 1.82) is 0 Å². The number of hydrogen-bond donors (Lipinski definition) is 2. The second kappa shape index (κ2) is 7.03. The molecule has 2 N–H and O–H groups in total. The molecule has 1 heterocycles. The van der Waals surface area contributed by atoms with Crippen molar-refractivity contribution in [1.82, 2.24) is 20.4 Å². The molecule has 0 spiro atoms. The van der Waals surface area contributed by atoms with E-state index in [2.05, 4.69) is 15.5 Å². The SMILES string of the molecule is CCCNC(=O)N(C)CCCc1c(C)n[nH]c1C. The van der Waals surface area contributed by atoms with Crippen LogP contribution >= 0.6 is 0 Å². The fourth-order valence-electron chi connectivity index (χ4n) is 1.90. The van der Waals surface area contributed by atoms with Crippen LogP contribution in [0.2, 0.25) is 0 Å². The van der Waals surface area contributed by atoms with Crippen LogP contribution in [-0.2, 0) is 6.42 Å². The van der Waals surface area contributed by atoms with E-state index >= 15 is 0 Å². The molecule has 0 unspecified atom stereocenters. The van der Waals surface area contributed by atoms with E-state index in [-0.39, 0.29) is 6.03 Å². The average molecular weight is 252 g/mol. The third kappa shape index (κ3) is 4.05. The van der Waals surface area contributed by atoms with Gasteiger partial charge in [0.1, 0.15) is 0 Å². The molecular weight excluding hydrogens is 228 g/mol. The molecule has 0 aromatic carbocycles. The summed E-state index contributed by atoms with van der Waals surface area (Å²) < 4.78 is 0. The smallest absolute Gasteiger partial charge is 0.317 e. The van der Waals surface area contributed by atoms with Crippen molar-refractivity contribution in [2.45, 2.75) is 40.0 Å². The fraction of sp³-hybridized carbons (Fsp3) is 0.692. The molecule has 0 aliphatic rings. The lowest BCUT2D eigenvalue weighted by Crippen LogP contribution is -2.38. The Kier molecular flexibility index (Phi) is 5.68. The molecular formula is C13H24N4O. The van der Waals surface area contributed by atoms with Gasteiger partial charge >= 0.3 is 6.03 Å². The van der Waals surface area contributed by atoms with E-state index in [1.54, 1.807) is 4.90 Å². The van der Waals surface area contributed by atoms with Gasteiger partial charge < -0.3 is 10.2 Å². The summed E-state index contributed by atoms with van der Waals surface area (Å²) in [5.41, 5.74) is 3.47. The van der Waals surface area contributed by atoms with Crippen LogP contribution in [0.1, 0.15) is 36.7 Å². The monoisotopic (exact) mass is 252 g/mol. The summed E-state index contributed by atoms with van der Waals surface area (Å²) in [6.45, 7) is 7.59. The summed E-state index contributed by atoms with van der Waals surface area (Å²) in [6, 6.07) is 0.0116. The first-order chi connectivity index (χ1) is 8.56. The third-order valence-corrected chi connectivity index (χ3v) is 3.07. The highest BCUT2D eigenvalue weighted by molar-refractivity contribution is 5.73. The summed E-state index contributed by atoms with van der Waals surface area (Å²) in [6.07, 6.45) is 2.88. The number of rotatable bonds is 6. The first-order valence-electron chi connectivity index (χ1n) is 6.55. The molecule has 0 aliphatic heterocycles. The van der Waals surface area contributed by atoms with Crippen LogP contribution in [0.5, 0.6) is 0 Å². The molecule has 1 aromatic rings. The van der Waals surface area contributed by atoms with Crippen molar-refractivity contribution in [2.24, 2.45) is 0 Å². The number of carbonyl (C=O) groups is 1. The highest BCUT2D eigenvalue weighted by atomic mass is 16.2. The van der Waals surface area contributed by atoms with E-state index in [4.69, 9.17) is 0 Å². The molecule has 102 valence electrons. The molecule has 1 rings (SSSR count). The summed E-state index contributed by atoms with van der Waals surface area (Å²) in [7, 11) is 1.83. The van der Waals surface area contributed by atoms with Gasteiger partial charge in [-0.3, -0.25) is 5.10 Å². The molecule has 5 nitrogen and oxygen atoms in total. The van der Waals surface area contributed by atoms with Crippen LogP contribution in [0.15, 0.2) is 0 Å². The molecule has 18 heavy (non-hydrogen) atoms. The lowest BCUT2D eigenvalue weighted by Gasteiger charge is -2.17. The number of aromatic amines is 1. The summed E-state index contributed by atoms with van der Waals surface area (Å²) in [5.74, 6) is 0. The maximum absolute atomic E-state index is 11.6. The standard InChI is InChI=1S/C13H24N4O/c1-5-8-14-13(18)17(4)9-6-7-12-10(2)15-16-11(12)3/h5-9H2,1-4H3,(H,14,18)(H,15,16). The second-order valence-corrected chi connectivity index (χ2v) is 4.67. The molecule has 0 aliphatic carbocycles. The molecule has 0 bridgehead atoms. The Hall–Kier alpha value is -1.52. The van der Waals surface area contributed by atoms with E-state index < -0.39 is 0 Å². The number of nitrogens with zero attached hydrogens (tertiary/aromatic N) is 2. The first-order valence-corrected chi connectivity index (χ1v) is 6.55. The fourth-order valence-corrected chi connectivity index (χ4v) is 1.90. The normalized spacial score (nSPS) is 10.4. The van der Waals surface area contributed by atoms with Crippen LogP contribution in [0, 0.1) is 13.8 Å². The van der Waals surface area contributed by atoms with Gasteiger partial charge in [-0.2, -0.15) is 5.10 Å². The Morgan fingerprint density at radius 2 is 2.17 bits per heavy atom. The van der Waals surface area contributed by atoms with Gasteiger partial charge in [0.25, 0.3) is 0 Å². The van der Waals surface area contributed by atoms with Crippen molar-refractivity contribution >= 4 is 6.03 Å². The van der Waals surface area contributed by atoms with Crippen molar-refractivity contribution in [3.05, 3.63) is 17.0 Å². The largest absolute Gasteiger partial charge is 0.338 e. The number of H-pyrrole nitrogens is 1. The van der Waals surface area contributed by atoms with Crippen LogP contribution < -0.4 is 5.32 Å². The number of hydrogen-bond acceptors (Lipinski definition) is 2. The van der Waals surface area contributed by atoms with Gasteiger partial charge in [-0.05, 0) is 38.7 Å². The maximum atomic E-state index is 11.6. The highest BCUT2D eigenvalue weighted by Gasteiger charge is 2.09. The molecule has 0 atom stereocenters. The summed E-state index contributed by atoms with van der Waals surface area (Å²) in [5, 5.41) is 10.0. The Morgan fingerprint density at radius 3 is 2.72 bits per heavy atom. The van der Waals surface area contributed by atoms with Crippen molar-refractivity contribution in [2.75, 3.05) is 20.1 Å². The number of amides is 2. The van der Waals surface area contributed by atoms with Gasteiger partial charge in [-0.25, -0.2) is 4.79 Å². The van der Waals surface area contributed by atoms with Gasteiger partial charge in [-0.15, -0.1) is 0 Å². The van der Waals surface area contributed by atoms with Crippen molar-refractivity contribution < 1.29 is 4.79 Å². The molecule has 0 fully saturated rings. The zero-order chi connectivity index (χ0) is 13.5. The maximum Gasteiger partial charge on any atom is 0.317 e. The summed E-state index contributed by atoms with van der Waals surface area (Å²) in [4.78, 5) is 13.4. The highest BCUT2D eigenvalue weighted by Crippen LogP contribution is 2.11. The summed E-state index contributed by atoms with van der Waals surface area (Å²) >= 11 is 0. The molecule has 0 radical (unpaired) electrons. The number of aromatic nitrogens is 2. The minimum absolute atomic E-state index is 0.0116. The van der Waals surface area contributed by atoms with Gasteiger partial charge in [0.05, 0.1) is 5.69 Å². The minimum Gasteiger partial charge on any atom is -0.338 e. The van der Waals surface area contributed by atoms with Gasteiger partial charge in [-0.1, -0.05) is 6.92 Å². The Bertz CT molecular complexity index is 367. The van der Waals surface area contributed by atoms with Crippen molar-refractivity contribution in [3.8, 4) is 0 Å². The molecule has 1 aromatic heterocycles. The third-order valence-electron chi connectivity index (χ3n) is 3.07. The number of aryl methyl sites for hydroxylation is 2. The Balaban J connectivity index is 2.31. The predicted octanol–water partition coefficient (Wildman–Crippen LogP) is 2.01. The van der Waals surface area contributed by atoms with Crippen LogP contribution in [0.25, 0.3) is 0 Å². The van der Waals surface area contributed by atoms with Gasteiger partial charge in [0.15, 0.2) is 0 Å². The average Bonchev–Trinajstić information content (AvgIpc) is 2.67. The number of urea groups is 1. The topological polar surface area (TPSA) is 61.0 Å². The van der Waals surface area contributed by atoms with Crippen LogP contribution in [0.4, 0.5) is 4.79 Å². The number of carbonyl (C=O) groups excluding carboxylic acids is 1. The van der Waals surface area contributed by atoms with Gasteiger partial charge in [0, 0.05) is 25.8 Å². The zero-order valence-electron chi connectivity index (χ0n) is 11.8. The Morgan fingerprint density at radius 1 is 1.44 bits per heavy atom. The molecule has 2 amide bonds. The molecule has 5 heteroatoms. The van der Waals surface area contributed by atoms with E-state index in [1.165, 1.54) is 5.56 Å². The lowest BCUT2D eigenvalue weighted by molar-refractivity contribution is 0.208. The van der Waals surface area contributed by atoms with E-state index in [0.29, 0.717) is 0 Å².